The minimum atomic E-state index is 0.380. The van der Waals surface area contributed by atoms with Crippen LogP contribution in [0.4, 0.5) is 0 Å². The quantitative estimate of drug-likeness (QED) is 0.633. The van der Waals surface area contributed by atoms with Gasteiger partial charge in [-0.15, -0.1) is 0 Å². The van der Waals surface area contributed by atoms with E-state index in [4.69, 9.17) is 0 Å². The average Bonchev–Trinajstić information content (AvgIpc) is 2.32. The number of carbonyl (C=O) groups excluding carboxylic acids is 1. The van der Waals surface area contributed by atoms with E-state index >= 15 is 0 Å². The molecule has 1 aliphatic carbocycles. The van der Waals surface area contributed by atoms with Crippen molar-refractivity contribution in [2.24, 2.45) is 17.8 Å². The van der Waals surface area contributed by atoms with Crippen LogP contribution in [0.5, 0.6) is 0 Å². The largest absolute Gasteiger partial charge is 0.299 e. The number of ketones is 1. The van der Waals surface area contributed by atoms with Crippen molar-refractivity contribution < 1.29 is 4.79 Å². The first-order chi connectivity index (χ1) is 5.66. The van der Waals surface area contributed by atoms with E-state index < -0.39 is 0 Å². The molecule has 1 aliphatic rings. The second-order valence-corrected chi connectivity index (χ2v) is 4.27. The molecule has 1 fully saturated rings. The Morgan fingerprint density at radius 3 is 2.67 bits per heavy atom. The third-order valence-corrected chi connectivity index (χ3v) is 3.19. The maximum atomic E-state index is 11.5. The van der Waals surface area contributed by atoms with E-state index in [1.54, 1.807) is 0 Å². The third-order valence-electron chi connectivity index (χ3n) is 3.19. The molecule has 1 nitrogen and oxygen atoms in total. The number of carbonyl (C=O) groups is 1. The summed E-state index contributed by atoms with van der Waals surface area (Å²) in [5.74, 6) is 2.15. The first-order valence-corrected chi connectivity index (χ1v) is 5.19. The highest BCUT2D eigenvalue weighted by Gasteiger charge is 2.34. The molecule has 0 heterocycles. The molecule has 1 heteroatoms. The molecule has 0 amide bonds. The summed E-state index contributed by atoms with van der Waals surface area (Å²) in [6, 6.07) is 0. The van der Waals surface area contributed by atoms with Gasteiger partial charge in [-0.1, -0.05) is 33.6 Å². The summed E-state index contributed by atoms with van der Waals surface area (Å²) < 4.78 is 0. The second-order valence-electron chi connectivity index (χ2n) is 4.27. The summed E-state index contributed by atoms with van der Waals surface area (Å²) >= 11 is 0. The molecule has 0 bridgehead atoms. The lowest BCUT2D eigenvalue weighted by molar-refractivity contribution is -0.122. The number of Topliss-reactive ketones (excluding diaryl/α,β-unsaturated/α-hetero) is 1. The van der Waals surface area contributed by atoms with Crippen LogP contribution in [0.25, 0.3) is 0 Å². The minimum absolute atomic E-state index is 0.380. The van der Waals surface area contributed by atoms with Gasteiger partial charge in [-0.05, 0) is 18.3 Å². The Bertz CT molecular complexity index is 162. The van der Waals surface area contributed by atoms with Crippen molar-refractivity contribution in [3.05, 3.63) is 0 Å². The lowest BCUT2D eigenvalue weighted by Crippen LogP contribution is -2.21. The van der Waals surface area contributed by atoms with E-state index in [-0.39, 0.29) is 0 Å². The number of hydrogen-bond acceptors (Lipinski definition) is 1. The lowest BCUT2D eigenvalue weighted by Gasteiger charge is -2.21. The van der Waals surface area contributed by atoms with Crippen molar-refractivity contribution in [1.29, 1.82) is 0 Å². The summed E-state index contributed by atoms with van der Waals surface area (Å²) in [5, 5.41) is 0. The molecular formula is C11H20O. The van der Waals surface area contributed by atoms with Crippen LogP contribution < -0.4 is 0 Å². The number of hydrogen-bond donors (Lipinski definition) is 0. The molecule has 0 unspecified atom stereocenters. The predicted molar refractivity (Wildman–Crippen MR) is 51.0 cm³/mol. The Hall–Kier alpha value is -0.330. The zero-order valence-corrected chi connectivity index (χ0v) is 8.47. The molecule has 3 atom stereocenters. The first-order valence-electron chi connectivity index (χ1n) is 5.19. The highest BCUT2D eigenvalue weighted by Crippen LogP contribution is 2.35. The summed E-state index contributed by atoms with van der Waals surface area (Å²) in [5.41, 5.74) is 0. The van der Waals surface area contributed by atoms with Gasteiger partial charge in [0.05, 0.1) is 0 Å². The Kier molecular flexibility index (Phi) is 3.30. The second kappa shape index (κ2) is 4.06. The van der Waals surface area contributed by atoms with Crippen LogP contribution in [-0.2, 0) is 4.79 Å². The maximum absolute atomic E-state index is 11.5. The Morgan fingerprint density at radius 2 is 2.25 bits per heavy atom. The van der Waals surface area contributed by atoms with Crippen molar-refractivity contribution in [2.75, 3.05) is 0 Å². The normalized spacial score (nSPS) is 32.4. The predicted octanol–water partition coefficient (Wildman–Crippen LogP) is 3.04. The van der Waals surface area contributed by atoms with E-state index in [2.05, 4.69) is 20.8 Å². The van der Waals surface area contributed by atoms with Crippen molar-refractivity contribution in [3.63, 3.8) is 0 Å². The summed E-state index contributed by atoms with van der Waals surface area (Å²) in [4.78, 5) is 11.5. The van der Waals surface area contributed by atoms with Crippen LogP contribution in [0.15, 0.2) is 0 Å². The van der Waals surface area contributed by atoms with Gasteiger partial charge in [-0.25, -0.2) is 0 Å². The Balaban J connectivity index is 2.53. The van der Waals surface area contributed by atoms with E-state index in [0.717, 1.165) is 12.8 Å². The topological polar surface area (TPSA) is 17.1 Å². The zero-order valence-electron chi connectivity index (χ0n) is 8.47. The molecule has 1 saturated carbocycles. The molecule has 0 N–H and O–H groups in total. The fourth-order valence-corrected chi connectivity index (χ4v) is 2.55. The molecule has 0 saturated heterocycles. The minimum Gasteiger partial charge on any atom is -0.299 e. The fraction of sp³-hybridized carbons (Fsp3) is 0.909. The maximum Gasteiger partial charge on any atom is 0.136 e. The van der Waals surface area contributed by atoms with Crippen molar-refractivity contribution in [2.45, 2.75) is 46.5 Å². The number of rotatable bonds is 3. The van der Waals surface area contributed by atoms with E-state index in [9.17, 15) is 4.79 Å². The zero-order chi connectivity index (χ0) is 9.14. The molecule has 1 rings (SSSR count). The van der Waals surface area contributed by atoms with Gasteiger partial charge in [0.15, 0.2) is 0 Å². The van der Waals surface area contributed by atoms with Gasteiger partial charge < -0.3 is 0 Å². The van der Waals surface area contributed by atoms with E-state index in [0.29, 0.717) is 23.5 Å². The van der Waals surface area contributed by atoms with Crippen LogP contribution in [0.2, 0.25) is 0 Å². The molecule has 12 heavy (non-hydrogen) atoms. The van der Waals surface area contributed by atoms with E-state index in [1.165, 1.54) is 12.8 Å². The molecule has 0 aromatic heterocycles. The van der Waals surface area contributed by atoms with Crippen LogP contribution in [-0.4, -0.2) is 5.78 Å². The van der Waals surface area contributed by atoms with Crippen LogP contribution in [0.1, 0.15) is 46.5 Å². The fourth-order valence-electron chi connectivity index (χ4n) is 2.55. The lowest BCUT2D eigenvalue weighted by atomic mass is 9.83. The Labute approximate surface area is 75.5 Å². The molecule has 0 aromatic carbocycles. The summed E-state index contributed by atoms with van der Waals surface area (Å²) in [6.45, 7) is 6.65. The Morgan fingerprint density at radius 1 is 1.58 bits per heavy atom. The molecule has 0 aliphatic heterocycles. The van der Waals surface area contributed by atoms with Crippen LogP contribution in [0, 0.1) is 17.8 Å². The van der Waals surface area contributed by atoms with Gasteiger partial charge in [0.25, 0.3) is 0 Å². The first kappa shape index (κ1) is 9.76. The third kappa shape index (κ3) is 1.88. The molecule has 70 valence electrons. The van der Waals surface area contributed by atoms with Crippen molar-refractivity contribution >= 4 is 5.78 Å². The van der Waals surface area contributed by atoms with Crippen LogP contribution in [0.3, 0.4) is 0 Å². The molecule has 0 radical (unpaired) electrons. The van der Waals surface area contributed by atoms with Gasteiger partial charge >= 0.3 is 0 Å². The van der Waals surface area contributed by atoms with Crippen molar-refractivity contribution in [3.8, 4) is 0 Å². The smallest absolute Gasteiger partial charge is 0.136 e. The van der Waals surface area contributed by atoms with Gasteiger partial charge in [0.2, 0.25) is 0 Å². The summed E-state index contributed by atoms with van der Waals surface area (Å²) in [6.07, 6.45) is 4.37. The van der Waals surface area contributed by atoms with Gasteiger partial charge in [0.1, 0.15) is 5.78 Å². The highest BCUT2D eigenvalue weighted by molar-refractivity contribution is 5.83. The molecule has 0 aromatic rings. The van der Waals surface area contributed by atoms with E-state index in [1.807, 2.05) is 0 Å². The van der Waals surface area contributed by atoms with Crippen molar-refractivity contribution in [1.82, 2.24) is 0 Å². The standard InChI is InChI=1S/C11H20O/c1-4-5-8(2)11-9(3)6-7-10(11)12/h8-9,11H,4-7H2,1-3H3/t8-,9+,11-/m0/s1. The van der Waals surface area contributed by atoms with Gasteiger partial charge in [-0.3, -0.25) is 4.79 Å². The monoisotopic (exact) mass is 168 g/mol. The average molecular weight is 168 g/mol. The SMILES string of the molecule is CCC[C@H](C)[C@@H]1C(=O)CC[C@H]1C. The summed E-state index contributed by atoms with van der Waals surface area (Å²) in [7, 11) is 0. The van der Waals surface area contributed by atoms with Crippen LogP contribution >= 0.6 is 0 Å². The van der Waals surface area contributed by atoms with Gasteiger partial charge in [0, 0.05) is 12.3 Å². The highest BCUT2D eigenvalue weighted by atomic mass is 16.1. The molecular weight excluding hydrogens is 148 g/mol. The molecule has 0 spiro atoms. The van der Waals surface area contributed by atoms with Gasteiger partial charge in [-0.2, -0.15) is 0 Å².